The van der Waals surface area contributed by atoms with Gasteiger partial charge in [-0.1, -0.05) is 24.3 Å². The topological polar surface area (TPSA) is 73.3 Å². The lowest BCUT2D eigenvalue weighted by atomic mass is 10.0. The number of aliphatic hydroxyl groups is 2. The summed E-state index contributed by atoms with van der Waals surface area (Å²) in [6, 6.07) is 10.0. The molecule has 88 valence electrons. The molecule has 1 unspecified atom stereocenters. The highest BCUT2D eigenvalue weighted by Crippen LogP contribution is 2.18. The van der Waals surface area contributed by atoms with Gasteiger partial charge in [0.15, 0.2) is 0 Å². The SMILES string of the molecule is O=C(c1ccc[nH]1)C(O)c1cccc(CO)c1. The van der Waals surface area contributed by atoms with Gasteiger partial charge in [0, 0.05) is 6.20 Å². The summed E-state index contributed by atoms with van der Waals surface area (Å²) in [6.45, 7) is -0.114. The summed E-state index contributed by atoms with van der Waals surface area (Å²) in [7, 11) is 0. The highest BCUT2D eigenvalue weighted by Gasteiger charge is 2.19. The maximum Gasteiger partial charge on any atom is 0.211 e. The van der Waals surface area contributed by atoms with Crippen molar-refractivity contribution in [3.63, 3.8) is 0 Å². The number of rotatable bonds is 4. The number of hydrogen-bond donors (Lipinski definition) is 3. The van der Waals surface area contributed by atoms with Gasteiger partial charge in [0.25, 0.3) is 0 Å². The van der Waals surface area contributed by atoms with E-state index in [0.717, 1.165) is 0 Å². The van der Waals surface area contributed by atoms with E-state index in [1.54, 1.807) is 42.6 Å². The van der Waals surface area contributed by atoms with Crippen LogP contribution in [0, 0.1) is 0 Å². The van der Waals surface area contributed by atoms with Crippen LogP contribution in [-0.2, 0) is 6.61 Å². The molecule has 0 aliphatic carbocycles. The van der Waals surface area contributed by atoms with E-state index in [9.17, 15) is 9.90 Å². The number of H-pyrrole nitrogens is 1. The number of aromatic amines is 1. The van der Waals surface area contributed by atoms with Crippen LogP contribution in [0.1, 0.15) is 27.7 Å². The second-order valence-electron chi connectivity index (χ2n) is 3.75. The van der Waals surface area contributed by atoms with Crippen LogP contribution in [0.5, 0.6) is 0 Å². The van der Waals surface area contributed by atoms with Crippen LogP contribution in [-0.4, -0.2) is 21.0 Å². The zero-order chi connectivity index (χ0) is 12.3. The molecule has 1 atom stereocenters. The van der Waals surface area contributed by atoms with Crippen LogP contribution in [0.3, 0.4) is 0 Å². The number of hydrogen-bond acceptors (Lipinski definition) is 3. The largest absolute Gasteiger partial charge is 0.392 e. The lowest BCUT2D eigenvalue weighted by Crippen LogP contribution is -2.12. The first-order valence-electron chi connectivity index (χ1n) is 5.27. The van der Waals surface area contributed by atoms with Crippen molar-refractivity contribution in [2.75, 3.05) is 0 Å². The Morgan fingerprint density at radius 3 is 2.76 bits per heavy atom. The molecule has 0 radical (unpaired) electrons. The summed E-state index contributed by atoms with van der Waals surface area (Å²) in [6.07, 6.45) is 0.421. The molecule has 0 aliphatic rings. The van der Waals surface area contributed by atoms with Gasteiger partial charge < -0.3 is 15.2 Å². The Balaban J connectivity index is 2.24. The van der Waals surface area contributed by atoms with Gasteiger partial charge in [-0.15, -0.1) is 0 Å². The normalized spacial score (nSPS) is 12.4. The molecular weight excluding hydrogens is 218 g/mol. The maximum atomic E-state index is 11.9. The van der Waals surface area contributed by atoms with Crippen LogP contribution >= 0.6 is 0 Å². The predicted molar refractivity (Wildman–Crippen MR) is 62.4 cm³/mol. The maximum absolute atomic E-state index is 11.9. The number of benzene rings is 1. The number of aromatic nitrogens is 1. The highest BCUT2D eigenvalue weighted by molar-refractivity contribution is 5.98. The first kappa shape index (κ1) is 11.6. The molecule has 2 aromatic rings. The lowest BCUT2D eigenvalue weighted by Gasteiger charge is -2.09. The average Bonchev–Trinajstić information content (AvgIpc) is 2.91. The molecule has 0 spiro atoms. The summed E-state index contributed by atoms with van der Waals surface area (Å²) in [5, 5.41) is 18.9. The zero-order valence-electron chi connectivity index (χ0n) is 9.13. The van der Waals surface area contributed by atoms with Gasteiger partial charge in [0.05, 0.1) is 12.3 Å². The smallest absolute Gasteiger partial charge is 0.211 e. The fourth-order valence-electron chi connectivity index (χ4n) is 1.64. The summed E-state index contributed by atoms with van der Waals surface area (Å²) in [5.74, 6) is -0.384. The summed E-state index contributed by atoms with van der Waals surface area (Å²) in [5.41, 5.74) is 1.52. The second kappa shape index (κ2) is 4.95. The van der Waals surface area contributed by atoms with Gasteiger partial charge in [-0.3, -0.25) is 4.79 Å². The van der Waals surface area contributed by atoms with Crippen LogP contribution in [0.15, 0.2) is 42.6 Å². The zero-order valence-corrected chi connectivity index (χ0v) is 9.13. The molecule has 0 saturated heterocycles. The van der Waals surface area contributed by atoms with Crippen molar-refractivity contribution in [2.45, 2.75) is 12.7 Å². The number of nitrogens with one attached hydrogen (secondary N) is 1. The van der Waals surface area contributed by atoms with Gasteiger partial charge >= 0.3 is 0 Å². The van der Waals surface area contributed by atoms with E-state index in [2.05, 4.69) is 4.98 Å². The monoisotopic (exact) mass is 231 g/mol. The predicted octanol–water partition coefficient (Wildman–Crippen LogP) is 1.42. The average molecular weight is 231 g/mol. The summed E-state index contributed by atoms with van der Waals surface area (Å²) < 4.78 is 0. The first-order chi connectivity index (χ1) is 8.22. The third-order valence-corrected chi connectivity index (χ3v) is 2.56. The fourth-order valence-corrected chi connectivity index (χ4v) is 1.64. The van der Waals surface area contributed by atoms with Crippen LogP contribution in [0.25, 0.3) is 0 Å². The van der Waals surface area contributed by atoms with Crippen LogP contribution < -0.4 is 0 Å². The Morgan fingerprint density at radius 2 is 2.12 bits per heavy atom. The Bertz CT molecular complexity index is 505. The van der Waals surface area contributed by atoms with Gasteiger partial charge in [-0.25, -0.2) is 0 Å². The van der Waals surface area contributed by atoms with Crippen LogP contribution in [0.2, 0.25) is 0 Å². The number of Topliss-reactive ketones (excluding diaryl/α,β-unsaturated/α-hetero) is 1. The van der Waals surface area contributed by atoms with Gasteiger partial charge in [-0.05, 0) is 23.3 Å². The number of aliphatic hydroxyl groups excluding tert-OH is 2. The minimum atomic E-state index is -1.21. The van der Waals surface area contributed by atoms with E-state index < -0.39 is 6.10 Å². The van der Waals surface area contributed by atoms with E-state index in [1.165, 1.54) is 0 Å². The molecule has 1 heterocycles. The van der Waals surface area contributed by atoms with Crippen molar-refractivity contribution in [2.24, 2.45) is 0 Å². The molecular formula is C13H13NO3. The first-order valence-corrected chi connectivity index (χ1v) is 5.27. The van der Waals surface area contributed by atoms with E-state index in [0.29, 0.717) is 16.8 Å². The van der Waals surface area contributed by atoms with Crippen molar-refractivity contribution in [1.29, 1.82) is 0 Å². The Hall–Kier alpha value is -1.91. The third kappa shape index (κ3) is 2.43. The van der Waals surface area contributed by atoms with E-state index >= 15 is 0 Å². The number of ketones is 1. The van der Waals surface area contributed by atoms with Gasteiger partial charge in [-0.2, -0.15) is 0 Å². The Labute approximate surface area is 98.5 Å². The van der Waals surface area contributed by atoms with Crippen LogP contribution in [0.4, 0.5) is 0 Å². The summed E-state index contributed by atoms with van der Waals surface area (Å²) >= 11 is 0. The van der Waals surface area contributed by atoms with E-state index in [4.69, 9.17) is 5.11 Å². The molecule has 17 heavy (non-hydrogen) atoms. The van der Waals surface area contributed by atoms with Crippen molar-refractivity contribution in [3.8, 4) is 0 Å². The van der Waals surface area contributed by atoms with Gasteiger partial charge in [0.1, 0.15) is 6.10 Å². The minimum absolute atomic E-state index is 0.114. The molecule has 1 aromatic carbocycles. The molecule has 0 fully saturated rings. The number of carbonyl (C=O) groups excluding carboxylic acids is 1. The highest BCUT2D eigenvalue weighted by atomic mass is 16.3. The Kier molecular flexibility index (Phi) is 3.37. The third-order valence-electron chi connectivity index (χ3n) is 2.56. The van der Waals surface area contributed by atoms with Crippen molar-refractivity contribution < 1.29 is 15.0 Å². The van der Waals surface area contributed by atoms with E-state index in [1.807, 2.05) is 0 Å². The molecule has 0 aliphatic heterocycles. The molecule has 3 N–H and O–H groups in total. The lowest BCUT2D eigenvalue weighted by molar-refractivity contribution is 0.0742. The van der Waals surface area contributed by atoms with E-state index in [-0.39, 0.29) is 12.4 Å². The quantitative estimate of drug-likeness (QED) is 0.697. The summed E-state index contributed by atoms with van der Waals surface area (Å²) in [4.78, 5) is 14.6. The van der Waals surface area contributed by atoms with Crippen molar-refractivity contribution >= 4 is 5.78 Å². The molecule has 0 saturated carbocycles. The van der Waals surface area contributed by atoms with Gasteiger partial charge in [0.2, 0.25) is 5.78 Å². The molecule has 2 rings (SSSR count). The molecule has 0 bridgehead atoms. The molecule has 4 heteroatoms. The van der Waals surface area contributed by atoms with Crippen molar-refractivity contribution in [1.82, 2.24) is 4.98 Å². The molecule has 4 nitrogen and oxygen atoms in total. The number of carbonyl (C=O) groups is 1. The fraction of sp³-hybridized carbons (Fsp3) is 0.154. The molecule has 0 amide bonds. The van der Waals surface area contributed by atoms with Crippen molar-refractivity contribution in [3.05, 3.63) is 59.4 Å². The molecule has 1 aromatic heterocycles. The Morgan fingerprint density at radius 1 is 1.29 bits per heavy atom. The standard InChI is InChI=1S/C13H13NO3/c15-8-9-3-1-4-10(7-9)12(16)13(17)11-5-2-6-14-11/h1-7,12,14-16H,8H2. The second-order valence-corrected chi connectivity index (χ2v) is 3.75. The minimum Gasteiger partial charge on any atom is -0.392 e.